The van der Waals surface area contributed by atoms with Gasteiger partial charge in [-0.15, -0.1) is 11.3 Å². The Morgan fingerprint density at radius 3 is 3.00 bits per heavy atom. The molecule has 2 heterocycles. The van der Waals surface area contributed by atoms with Crippen LogP contribution in [0.25, 0.3) is 11.3 Å². The minimum Gasteiger partial charge on any atom is -0.493 e. The predicted octanol–water partition coefficient (Wildman–Crippen LogP) is 3.90. The van der Waals surface area contributed by atoms with Crippen molar-refractivity contribution >= 4 is 28.3 Å². The van der Waals surface area contributed by atoms with Crippen molar-refractivity contribution in [2.24, 2.45) is 0 Å². The number of aromatic nitrogens is 1. The third kappa shape index (κ3) is 4.40. The Balaban J connectivity index is 1.78. The zero-order chi connectivity index (χ0) is 18.5. The van der Waals surface area contributed by atoms with E-state index in [1.54, 1.807) is 0 Å². The highest BCUT2D eigenvalue weighted by Gasteiger charge is 2.23. The number of fused-ring (bicyclic) bond motifs is 1. The van der Waals surface area contributed by atoms with Gasteiger partial charge in [-0.25, -0.2) is 4.98 Å². The van der Waals surface area contributed by atoms with E-state index in [1.807, 2.05) is 23.6 Å². The summed E-state index contributed by atoms with van der Waals surface area (Å²) < 4.78 is 5.70. The van der Waals surface area contributed by atoms with Crippen LogP contribution < -0.4 is 15.4 Å². The number of carbonyl (C=O) groups excluding carboxylic acids is 2. The van der Waals surface area contributed by atoms with Crippen LogP contribution in [0.15, 0.2) is 23.6 Å². The summed E-state index contributed by atoms with van der Waals surface area (Å²) in [4.78, 5) is 27.8. The molecule has 3 rings (SSSR count). The number of carbonyl (C=O) groups is 2. The first kappa shape index (κ1) is 18.4. The maximum absolute atomic E-state index is 11.9. The van der Waals surface area contributed by atoms with Gasteiger partial charge in [0.1, 0.15) is 5.75 Å². The Bertz CT molecular complexity index is 803. The minimum absolute atomic E-state index is 0.00249. The lowest BCUT2D eigenvalue weighted by Gasteiger charge is -2.26. The first-order valence-corrected chi connectivity index (χ1v) is 9.74. The largest absolute Gasteiger partial charge is 0.493 e. The molecule has 7 heteroatoms. The van der Waals surface area contributed by atoms with Gasteiger partial charge >= 0.3 is 0 Å². The number of anilines is 1. The Hall–Kier alpha value is -2.41. The Labute approximate surface area is 157 Å². The molecule has 26 heavy (non-hydrogen) atoms. The molecule has 6 nitrogen and oxygen atoms in total. The molecule has 0 spiro atoms. The molecule has 2 N–H and O–H groups in total. The standard InChI is InChI=1S/C19H23N3O3S/c1-3-4-5-18(24)22-19-21-16(11-26-19)13-6-7-17-14(10-13)15(8-9-25-17)20-12(2)23/h6-7,10-11,15H,3-5,8-9H2,1-2H3,(H,20,23)(H,21,22,24). The number of ether oxygens (including phenoxy) is 1. The molecule has 1 atom stereocenters. The summed E-state index contributed by atoms with van der Waals surface area (Å²) in [6, 6.07) is 5.82. The van der Waals surface area contributed by atoms with E-state index >= 15 is 0 Å². The molecule has 1 aliphatic rings. The third-order valence-electron chi connectivity index (χ3n) is 4.23. The summed E-state index contributed by atoms with van der Waals surface area (Å²) in [5.41, 5.74) is 2.70. The lowest BCUT2D eigenvalue weighted by atomic mass is 9.97. The molecule has 2 aromatic rings. The Morgan fingerprint density at radius 2 is 2.23 bits per heavy atom. The average Bonchev–Trinajstić information content (AvgIpc) is 3.08. The highest BCUT2D eigenvalue weighted by molar-refractivity contribution is 7.14. The lowest BCUT2D eigenvalue weighted by Crippen LogP contribution is -2.30. The molecule has 0 saturated heterocycles. The molecule has 0 radical (unpaired) electrons. The fraction of sp³-hybridized carbons (Fsp3) is 0.421. The lowest BCUT2D eigenvalue weighted by molar-refractivity contribution is -0.120. The number of unbranched alkanes of at least 4 members (excludes halogenated alkanes) is 1. The number of nitrogens with one attached hydrogen (secondary N) is 2. The fourth-order valence-electron chi connectivity index (χ4n) is 2.93. The van der Waals surface area contributed by atoms with Crippen molar-refractivity contribution in [2.45, 2.75) is 45.6 Å². The van der Waals surface area contributed by atoms with Gasteiger partial charge in [-0.2, -0.15) is 0 Å². The number of amides is 2. The van der Waals surface area contributed by atoms with Gasteiger partial charge in [0.05, 0.1) is 18.3 Å². The monoisotopic (exact) mass is 373 g/mol. The quantitative estimate of drug-likeness (QED) is 0.805. The van der Waals surface area contributed by atoms with Crippen molar-refractivity contribution in [2.75, 3.05) is 11.9 Å². The summed E-state index contributed by atoms with van der Waals surface area (Å²) in [7, 11) is 0. The van der Waals surface area contributed by atoms with Crippen molar-refractivity contribution in [1.82, 2.24) is 10.3 Å². The summed E-state index contributed by atoms with van der Waals surface area (Å²) in [5, 5.41) is 8.35. The molecule has 0 aliphatic carbocycles. The fourth-order valence-corrected chi connectivity index (χ4v) is 3.67. The van der Waals surface area contributed by atoms with E-state index in [-0.39, 0.29) is 17.9 Å². The second-order valence-corrected chi connectivity index (χ2v) is 7.19. The van der Waals surface area contributed by atoms with Crippen LogP contribution in [0.3, 0.4) is 0 Å². The third-order valence-corrected chi connectivity index (χ3v) is 4.99. The Kier molecular flexibility index (Phi) is 5.88. The minimum atomic E-state index is -0.0565. The molecule has 1 aliphatic heterocycles. The van der Waals surface area contributed by atoms with Crippen LogP contribution in [0.4, 0.5) is 5.13 Å². The second-order valence-electron chi connectivity index (χ2n) is 6.33. The van der Waals surface area contributed by atoms with Crippen LogP contribution in [-0.4, -0.2) is 23.4 Å². The highest BCUT2D eigenvalue weighted by atomic mass is 32.1. The van der Waals surface area contributed by atoms with E-state index in [9.17, 15) is 9.59 Å². The van der Waals surface area contributed by atoms with Crippen molar-refractivity contribution in [1.29, 1.82) is 0 Å². The Morgan fingerprint density at radius 1 is 1.38 bits per heavy atom. The molecule has 0 saturated carbocycles. The van der Waals surface area contributed by atoms with Gasteiger partial charge in [0.2, 0.25) is 11.8 Å². The first-order chi connectivity index (χ1) is 12.6. The van der Waals surface area contributed by atoms with E-state index in [0.29, 0.717) is 18.2 Å². The van der Waals surface area contributed by atoms with Crippen LogP contribution in [0.2, 0.25) is 0 Å². The molecule has 1 aromatic heterocycles. The summed E-state index contributed by atoms with van der Waals surface area (Å²) in [6.45, 7) is 4.16. The van der Waals surface area contributed by atoms with Crippen LogP contribution in [0, 0.1) is 0 Å². The van der Waals surface area contributed by atoms with Crippen LogP contribution in [-0.2, 0) is 9.59 Å². The summed E-state index contributed by atoms with van der Waals surface area (Å²) in [5.74, 6) is 0.735. The van der Waals surface area contributed by atoms with E-state index < -0.39 is 0 Å². The average molecular weight is 373 g/mol. The SMILES string of the molecule is CCCCC(=O)Nc1nc(-c2ccc3c(c2)C(NC(C)=O)CCO3)cs1. The molecule has 0 fully saturated rings. The predicted molar refractivity (Wildman–Crippen MR) is 102 cm³/mol. The second kappa shape index (κ2) is 8.31. The van der Waals surface area contributed by atoms with E-state index in [0.717, 1.165) is 41.8 Å². The molecule has 0 bridgehead atoms. The van der Waals surface area contributed by atoms with Crippen LogP contribution in [0.5, 0.6) is 5.75 Å². The zero-order valence-electron chi connectivity index (χ0n) is 15.0. The number of benzene rings is 1. The van der Waals surface area contributed by atoms with Gasteiger partial charge in [-0.3, -0.25) is 9.59 Å². The van der Waals surface area contributed by atoms with Crippen molar-refractivity contribution in [3.8, 4) is 17.0 Å². The number of hydrogen-bond donors (Lipinski definition) is 2. The van der Waals surface area contributed by atoms with Crippen molar-refractivity contribution in [3.63, 3.8) is 0 Å². The summed E-state index contributed by atoms with van der Waals surface area (Å²) >= 11 is 1.41. The van der Waals surface area contributed by atoms with Crippen molar-refractivity contribution < 1.29 is 14.3 Å². The maximum Gasteiger partial charge on any atom is 0.226 e. The van der Waals surface area contributed by atoms with Gasteiger partial charge in [0, 0.05) is 36.3 Å². The summed E-state index contributed by atoms with van der Waals surface area (Å²) in [6.07, 6.45) is 3.12. The topological polar surface area (TPSA) is 80.3 Å². The highest BCUT2D eigenvalue weighted by Crippen LogP contribution is 2.36. The molecule has 1 aromatic carbocycles. The normalized spacial score (nSPS) is 15.7. The van der Waals surface area contributed by atoms with E-state index in [4.69, 9.17) is 4.74 Å². The van der Waals surface area contributed by atoms with Crippen LogP contribution >= 0.6 is 11.3 Å². The molecule has 138 valence electrons. The maximum atomic E-state index is 11.9. The van der Waals surface area contributed by atoms with Crippen LogP contribution in [0.1, 0.15) is 51.1 Å². The molecular weight excluding hydrogens is 350 g/mol. The van der Waals surface area contributed by atoms with Gasteiger partial charge in [-0.1, -0.05) is 13.3 Å². The van der Waals surface area contributed by atoms with Gasteiger partial charge in [0.25, 0.3) is 0 Å². The first-order valence-electron chi connectivity index (χ1n) is 8.86. The van der Waals surface area contributed by atoms with E-state index in [1.165, 1.54) is 18.3 Å². The van der Waals surface area contributed by atoms with Gasteiger partial charge in [0.15, 0.2) is 5.13 Å². The number of rotatable bonds is 6. The van der Waals surface area contributed by atoms with Crippen molar-refractivity contribution in [3.05, 3.63) is 29.1 Å². The zero-order valence-corrected chi connectivity index (χ0v) is 15.8. The number of nitrogens with zero attached hydrogens (tertiary/aromatic N) is 1. The smallest absolute Gasteiger partial charge is 0.226 e. The van der Waals surface area contributed by atoms with E-state index in [2.05, 4.69) is 22.5 Å². The molecule has 2 amide bonds. The molecule has 1 unspecified atom stereocenters. The number of hydrogen-bond acceptors (Lipinski definition) is 5. The number of thiazole rings is 1. The molecular formula is C19H23N3O3S. The van der Waals surface area contributed by atoms with Gasteiger partial charge < -0.3 is 15.4 Å². The van der Waals surface area contributed by atoms with Gasteiger partial charge in [-0.05, 0) is 24.6 Å².